The highest BCUT2D eigenvalue weighted by atomic mass is 35.5. The molecule has 18 heavy (non-hydrogen) atoms. The lowest BCUT2D eigenvalue weighted by atomic mass is 10.0. The fourth-order valence-electron chi connectivity index (χ4n) is 2.09. The first-order valence-electron chi connectivity index (χ1n) is 6.09. The number of primary amides is 1. The normalized spacial score (nSPS) is 19.5. The second-order valence-corrected chi connectivity index (χ2v) is 4.96. The minimum Gasteiger partial charge on any atom is -0.492 e. The summed E-state index contributed by atoms with van der Waals surface area (Å²) in [5.74, 6) is 0.474. The Hall–Kier alpha value is -1.26. The second-order valence-electron chi connectivity index (χ2n) is 4.53. The standard InChI is InChI=1S/C13H17ClN2O2/c14-10-3-4-12(11(6-10)13(15)17)18-8-9-2-1-5-16-7-9/h3-4,6,9,16H,1-2,5,7-8H2,(H2,15,17). The number of carbonyl (C=O) groups is 1. The number of nitrogens with one attached hydrogen (secondary N) is 1. The van der Waals surface area contributed by atoms with Crippen molar-refractivity contribution in [2.75, 3.05) is 19.7 Å². The maximum absolute atomic E-state index is 11.3. The summed E-state index contributed by atoms with van der Waals surface area (Å²) in [5, 5.41) is 3.81. The van der Waals surface area contributed by atoms with Gasteiger partial charge < -0.3 is 15.8 Å². The SMILES string of the molecule is NC(=O)c1cc(Cl)ccc1OCC1CCCNC1. The molecule has 1 aromatic rings. The molecule has 0 bridgehead atoms. The summed E-state index contributed by atoms with van der Waals surface area (Å²) < 4.78 is 5.69. The van der Waals surface area contributed by atoms with Crippen molar-refractivity contribution in [3.63, 3.8) is 0 Å². The van der Waals surface area contributed by atoms with Crippen LogP contribution in [0.15, 0.2) is 18.2 Å². The van der Waals surface area contributed by atoms with Crippen LogP contribution >= 0.6 is 11.6 Å². The Morgan fingerprint density at radius 3 is 3.06 bits per heavy atom. The van der Waals surface area contributed by atoms with E-state index in [1.54, 1.807) is 18.2 Å². The molecule has 5 heteroatoms. The molecular formula is C13H17ClN2O2. The molecule has 1 aromatic carbocycles. The van der Waals surface area contributed by atoms with E-state index in [9.17, 15) is 4.79 Å². The zero-order chi connectivity index (χ0) is 13.0. The Morgan fingerprint density at radius 2 is 2.39 bits per heavy atom. The van der Waals surface area contributed by atoms with Gasteiger partial charge in [0.25, 0.3) is 5.91 Å². The van der Waals surface area contributed by atoms with Crippen molar-refractivity contribution in [1.29, 1.82) is 0 Å². The molecule has 4 nitrogen and oxygen atoms in total. The monoisotopic (exact) mass is 268 g/mol. The quantitative estimate of drug-likeness (QED) is 0.875. The lowest BCUT2D eigenvalue weighted by molar-refractivity contribution is 0.0995. The number of rotatable bonds is 4. The molecule has 1 heterocycles. The van der Waals surface area contributed by atoms with Crippen LogP contribution in [0.2, 0.25) is 5.02 Å². The van der Waals surface area contributed by atoms with Crippen molar-refractivity contribution >= 4 is 17.5 Å². The Bertz CT molecular complexity index is 431. The number of carbonyl (C=O) groups excluding carboxylic acids is 1. The largest absolute Gasteiger partial charge is 0.492 e. The Balaban J connectivity index is 2.01. The van der Waals surface area contributed by atoms with Gasteiger partial charge in [-0.05, 0) is 37.6 Å². The molecule has 1 aliphatic heterocycles. The molecule has 1 fully saturated rings. The number of ether oxygens (including phenoxy) is 1. The fraction of sp³-hybridized carbons (Fsp3) is 0.462. The summed E-state index contributed by atoms with van der Waals surface area (Å²) in [6, 6.07) is 4.93. The summed E-state index contributed by atoms with van der Waals surface area (Å²) in [6.07, 6.45) is 2.31. The predicted octanol–water partition coefficient (Wildman–Crippen LogP) is 1.82. The number of amides is 1. The summed E-state index contributed by atoms with van der Waals surface area (Å²) in [7, 11) is 0. The van der Waals surface area contributed by atoms with E-state index in [1.165, 1.54) is 0 Å². The first-order valence-corrected chi connectivity index (χ1v) is 6.47. The zero-order valence-electron chi connectivity index (χ0n) is 10.1. The average molecular weight is 269 g/mol. The van der Waals surface area contributed by atoms with Gasteiger partial charge in [0.2, 0.25) is 0 Å². The van der Waals surface area contributed by atoms with Crippen molar-refractivity contribution in [2.24, 2.45) is 11.7 Å². The van der Waals surface area contributed by atoms with Crippen LogP contribution in [0.25, 0.3) is 0 Å². The molecule has 1 saturated heterocycles. The average Bonchev–Trinajstić information content (AvgIpc) is 2.38. The Morgan fingerprint density at radius 1 is 1.56 bits per heavy atom. The van der Waals surface area contributed by atoms with Gasteiger partial charge in [-0.3, -0.25) is 4.79 Å². The fourth-order valence-corrected chi connectivity index (χ4v) is 2.27. The van der Waals surface area contributed by atoms with Gasteiger partial charge in [0.05, 0.1) is 12.2 Å². The molecule has 0 aliphatic carbocycles. The van der Waals surface area contributed by atoms with Crippen molar-refractivity contribution in [3.8, 4) is 5.75 Å². The maximum Gasteiger partial charge on any atom is 0.252 e. The highest BCUT2D eigenvalue weighted by Gasteiger charge is 2.16. The summed E-state index contributed by atoms with van der Waals surface area (Å²) >= 11 is 5.84. The molecule has 2 rings (SSSR count). The van der Waals surface area contributed by atoms with E-state index in [4.69, 9.17) is 22.1 Å². The minimum absolute atomic E-state index is 0.339. The highest BCUT2D eigenvalue weighted by molar-refractivity contribution is 6.31. The van der Waals surface area contributed by atoms with Crippen LogP contribution in [0.1, 0.15) is 23.2 Å². The number of hydrogen-bond acceptors (Lipinski definition) is 3. The molecule has 0 radical (unpaired) electrons. The van der Waals surface area contributed by atoms with Crippen LogP contribution in [-0.2, 0) is 0 Å². The molecule has 1 unspecified atom stereocenters. The van der Waals surface area contributed by atoms with Crippen molar-refractivity contribution in [3.05, 3.63) is 28.8 Å². The molecule has 98 valence electrons. The third kappa shape index (κ3) is 3.37. The molecule has 1 atom stereocenters. The van der Waals surface area contributed by atoms with Crippen LogP contribution in [0.5, 0.6) is 5.75 Å². The first kappa shape index (κ1) is 13.2. The molecular weight excluding hydrogens is 252 g/mol. The number of benzene rings is 1. The van der Waals surface area contributed by atoms with E-state index in [0.717, 1.165) is 25.9 Å². The van der Waals surface area contributed by atoms with Gasteiger partial charge >= 0.3 is 0 Å². The molecule has 0 spiro atoms. The predicted molar refractivity (Wildman–Crippen MR) is 71.1 cm³/mol. The summed E-state index contributed by atoms with van der Waals surface area (Å²) in [6.45, 7) is 2.62. The van der Waals surface area contributed by atoms with E-state index in [0.29, 0.717) is 28.9 Å². The molecule has 0 aromatic heterocycles. The van der Waals surface area contributed by atoms with E-state index < -0.39 is 5.91 Å². The van der Waals surface area contributed by atoms with Gasteiger partial charge in [0.15, 0.2) is 0 Å². The van der Waals surface area contributed by atoms with Gasteiger partial charge in [-0.15, -0.1) is 0 Å². The van der Waals surface area contributed by atoms with Crippen molar-refractivity contribution in [1.82, 2.24) is 5.32 Å². The molecule has 1 aliphatic rings. The number of nitrogens with two attached hydrogens (primary N) is 1. The van der Waals surface area contributed by atoms with Crippen LogP contribution in [0.4, 0.5) is 0 Å². The van der Waals surface area contributed by atoms with Gasteiger partial charge in [-0.25, -0.2) is 0 Å². The molecule has 0 saturated carbocycles. The van der Waals surface area contributed by atoms with Gasteiger partial charge in [0, 0.05) is 17.5 Å². The topological polar surface area (TPSA) is 64.4 Å². The van der Waals surface area contributed by atoms with Gasteiger partial charge in [-0.2, -0.15) is 0 Å². The number of hydrogen-bond donors (Lipinski definition) is 2. The molecule has 1 amide bonds. The highest BCUT2D eigenvalue weighted by Crippen LogP contribution is 2.23. The number of halogens is 1. The van der Waals surface area contributed by atoms with E-state index in [1.807, 2.05) is 0 Å². The zero-order valence-corrected chi connectivity index (χ0v) is 10.9. The van der Waals surface area contributed by atoms with Crippen molar-refractivity contribution < 1.29 is 9.53 Å². The Labute approximate surface area is 111 Å². The molecule has 3 N–H and O–H groups in total. The second kappa shape index (κ2) is 6.07. The van der Waals surface area contributed by atoms with Crippen LogP contribution < -0.4 is 15.8 Å². The maximum atomic E-state index is 11.3. The lowest BCUT2D eigenvalue weighted by Crippen LogP contribution is -2.33. The van der Waals surface area contributed by atoms with Crippen LogP contribution in [0.3, 0.4) is 0 Å². The number of piperidine rings is 1. The van der Waals surface area contributed by atoms with E-state index >= 15 is 0 Å². The van der Waals surface area contributed by atoms with Crippen LogP contribution in [0, 0.1) is 5.92 Å². The third-order valence-electron chi connectivity index (χ3n) is 3.08. The van der Waals surface area contributed by atoms with Crippen molar-refractivity contribution in [2.45, 2.75) is 12.8 Å². The van der Waals surface area contributed by atoms with Gasteiger partial charge in [0.1, 0.15) is 5.75 Å². The summed E-state index contributed by atoms with van der Waals surface area (Å²) in [4.78, 5) is 11.3. The minimum atomic E-state index is -0.519. The van der Waals surface area contributed by atoms with Crippen LogP contribution in [-0.4, -0.2) is 25.6 Å². The smallest absolute Gasteiger partial charge is 0.252 e. The summed E-state index contributed by atoms with van der Waals surface area (Å²) in [5.41, 5.74) is 5.64. The Kier molecular flexibility index (Phi) is 4.44. The van der Waals surface area contributed by atoms with E-state index in [2.05, 4.69) is 5.32 Å². The van der Waals surface area contributed by atoms with Gasteiger partial charge in [-0.1, -0.05) is 11.6 Å². The lowest BCUT2D eigenvalue weighted by Gasteiger charge is -2.23. The first-order chi connectivity index (χ1) is 8.66. The third-order valence-corrected chi connectivity index (χ3v) is 3.32. The van der Waals surface area contributed by atoms with E-state index in [-0.39, 0.29) is 0 Å².